The van der Waals surface area contributed by atoms with Crippen LogP contribution < -0.4 is 0 Å². The number of hydrogen-bond donors (Lipinski definition) is 0. The monoisotopic (exact) mass is 1020 g/mol. The van der Waals surface area contributed by atoms with Crippen LogP contribution in [0.3, 0.4) is 0 Å². The predicted molar refractivity (Wildman–Crippen MR) is 316 cm³/mol. The SMILES string of the molecule is CCC/C=C\C/C=C\CCCCCCCC(=O)OCC(COC(=O)CCCCCCCCCCCC/C=C\C/C=C\C/C=C\CCCCCCC)OC(=O)CCCCCCCCC/C=C\C/C=C\CCCCC. The van der Waals surface area contributed by atoms with Gasteiger partial charge in [0.15, 0.2) is 6.10 Å². The van der Waals surface area contributed by atoms with Crippen LogP contribution in [0.25, 0.3) is 0 Å². The van der Waals surface area contributed by atoms with Gasteiger partial charge in [0.2, 0.25) is 0 Å². The van der Waals surface area contributed by atoms with Gasteiger partial charge in [0.1, 0.15) is 13.2 Å². The molecular weight excluding hydrogens is 901 g/mol. The van der Waals surface area contributed by atoms with E-state index in [1.807, 2.05) is 0 Å². The fourth-order valence-corrected chi connectivity index (χ4v) is 8.64. The number of esters is 3. The van der Waals surface area contributed by atoms with Gasteiger partial charge in [-0.2, -0.15) is 0 Å². The standard InChI is InChI=1S/C67H116O6/c1-4-7-10-13-16-19-22-25-27-29-30-31-32-33-34-35-36-38-39-42-45-48-51-54-57-60-66(69)72-63-64(62-71-65(68)59-56-53-50-47-44-41-24-21-18-15-12-9-6-3)73-67(70)61-58-55-52-49-46-43-40-37-28-26-23-20-17-14-11-8-5-2/h12,15,17,20-22,24-26,28-30,32-33,64H,4-11,13-14,16,18-19,23,27,31,34-63H2,1-3H3/b15-12-,20-17-,24-21-,25-22-,28-26-,30-29-,33-32-. The minimum Gasteiger partial charge on any atom is -0.462 e. The number of carbonyl (C=O) groups excluding carboxylic acids is 3. The summed E-state index contributed by atoms with van der Waals surface area (Å²) in [6, 6.07) is 0. The predicted octanol–water partition coefficient (Wildman–Crippen LogP) is 21.1. The Labute approximate surface area is 452 Å². The zero-order valence-corrected chi connectivity index (χ0v) is 48.1. The van der Waals surface area contributed by atoms with Gasteiger partial charge in [-0.05, 0) is 116 Å². The van der Waals surface area contributed by atoms with Crippen molar-refractivity contribution >= 4 is 17.9 Å². The molecule has 0 amide bonds. The quantitative estimate of drug-likeness (QED) is 0.0261. The molecule has 0 radical (unpaired) electrons. The van der Waals surface area contributed by atoms with E-state index in [2.05, 4.69) is 106 Å². The van der Waals surface area contributed by atoms with Gasteiger partial charge in [0.25, 0.3) is 0 Å². The van der Waals surface area contributed by atoms with Crippen LogP contribution in [-0.4, -0.2) is 37.2 Å². The second-order valence-electron chi connectivity index (χ2n) is 20.6. The lowest BCUT2D eigenvalue weighted by Crippen LogP contribution is -2.30. The Hall–Kier alpha value is -3.41. The van der Waals surface area contributed by atoms with Crippen LogP contribution in [0.15, 0.2) is 85.1 Å². The molecule has 0 bridgehead atoms. The Morgan fingerprint density at radius 1 is 0.274 bits per heavy atom. The molecule has 6 nitrogen and oxygen atoms in total. The first kappa shape index (κ1) is 69.6. The van der Waals surface area contributed by atoms with Crippen molar-refractivity contribution in [3.05, 3.63) is 85.1 Å². The van der Waals surface area contributed by atoms with E-state index in [0.29, 0.717) is 19.3 Å². The highest BCUT2D eigenvalue weighted by molar-refractivity contribution is 5.71. The van der Waals surface area contributed by atoms with E-state index in [9.17, 15) is 14.4 Å². The van der Waals surface area contributed by atoms with Gasteiger partial charge in [0.05, 0.1) is 0 Å². The van der Waals surface area contributed by atoms with Crippen LogP contribution in [0.5, 0.6) is 0 Å². The summed E-state index contributed by atoms with van der Waals surface area (Å²) in [4.78, 5) is 38.2. The molecule has 0 spiro atoms. The summed E-state index contributed by atoms with van der Waals surface area (Å²) < 4.78 is 16.9. The Morgan fingerprint density at radius 3 is 0.849 bits per heavy atom. The topological polar surface area (TPSA) is 78.9 Å². The maximum Gasteiger partial charge on any atom is 0.306 e. The number of unbranched alkanes of at least 4 members (excludes halogenated alkanes) is 31. The molecule has 0 aromatic heterocycles. The summed E-state index contributed by atoms with van der Waals surface area (Å²) >= 11 is 0. The highest BCUT2D eigenvalue weighted by Gasteiger charge is 2.19. The minimum atomic E-state index is -0.789. The highest BCUT2D eigenvalue weighted by Crippen LogP contribution is 2.15. The Kier molecular flexibility index (Phi) is 58.3. The largest absolute Gasteiger partial charge is 0.462 e. The smallest absolute Gasteiger partial charge is 0.306 e. The average molecular weight is 1020 g/mol. The van der Waals surface area contributed by atoms with Crippen molar-refractivity contribution in [1.29, 1.82) is 0 Å². The third-order valence-electron chi connectivity index (χ3n) is 13.3. The van der Waals surface area contributed by atoms with Crippen molar-refractivity contribution in [1.82, 2.24) is 0 Å². The molecule has 0 aromatic rings. The maximum atomic E-state index is 12.9. The van der Waals surface area contributed by atoms with Crippen molar-refractivity contribution in [3.8, 4) is 0 Å². The molecule has 0 aromatic carbocycles. The Balaban J connectivity index is 4.33. The van der Waals surface area contributed by atoms with E-state index in [1.54, 1.807) is 0 Å². The van der Waals surface area contributed by atoms with Crippen molar-refractivity contribution < 1.29 is 28.6 Å². The molecule has 0 aliphatic heterocycles. The molecule has 0 heterocycles. The van der Waals surface area contributed by atoms with Crippen molar-refractivity contribution in [2.45, 2.75) is 309 Å². The molecule has 1 atom stereocenters. The normalized spacial score (nSPS) is 12.6. The molecule has 0 saturated heterocycles. The van der Waals surface area contributed by atoms with Crippen LogP contribution in [-0.2, 0) is 28.6 Å². The summed E-state index contributed by atoms with van der Waals surface area (Å²) in [5, 5.41) is 0. The molecule has 73 heavy (non-hydrogen) atoms. The minimum absolute atomic E-state index is 0.0860. The lowest BCUT2D eigenvalue weighted by molar-refractivity contribution is -0.167. The lowest BCUT2D eigenvalue weighted by Gasteiger charge is -2.18. The summed E-state index contributed by atoms with van der Waals surface area (Å²) in [6.07, 6.45) is 80.1. The Bertz CT molecular complexity index is 1400. The number of hydrogen-bond acceptors (Lipinski definition) is 6. The van der Waals surface area contributed by atoms with Crippen LogP contribution in [0.1, 0.15) is 303 Å². The molecule has 0 aliphatic rings. The van der Waals surface area contributed by atoms with Crippen LogP contribution >= 0.6 is 0 Å². The van der Waals surface area contributed by atoms with E-state index >= 15 is 0 Å². The van der Waals surface area contributed by atoms with Gasteiger partial charge < -0.3 is 14.2 Å². The van der Waals surface area contributed by atoms with Crippen LogP contribution in [0, 0.1) is 0 Å². The van der Waals surface area contributed by atoms with Gasteiger partial charge >= 0.3 is 17.9 Å². The van der Waals surface area contributed by atoms with Gasteiger partial charge in [-0.15, -0.1) is 0 Å². The zero-order valence-electron chi connectivity index (χ0n) is 48.1. The highest BCUT2D eigenvalue weighted by atomic mass is 16.6. The Morgan fingerprint density at radius 2 is 0.521 bits per heavy atom. The van der Waals surface area contributed by atoms with Crippen LogP contribution in [0.2, 0.25) is 0 Å². The first-order valence-corrected chi connectivity index (χ1v) is 31.1. The lowest BCUT2D eigenvalue weighted by atomic mass is 10.1. The van der Waals surface area contributed by atoms with Gasteiger partial charge in [0, 0.05) is 19.3 Å². The number of allylic oxidation sites excluding steroid dienone is 14. The molecule has 0 N–H and O–H groups in total. The molecule has 6 heteroatoms. The molecule has 420 valence electrons. The number of ether oxygens (including phenoxy) is 3. The first-order valence-electron chi connectivity index (χ1n) is 31.1. The molecule has 0 saturated carbocycles. The van der Waals surface area contributed by atoms with Crippen LogP contribution in [0.4, 0.5) is 0 Å². The third-order valence-corrected chi connectivity index (χ3v) is 13.3. The fraction of sp³-hybridized carbons (Fsp3) is 0.746. The number of rotatable bonds is 56. The molecule has 1 unspecified atom stereocenters. The zero-order chi connectivity index (χ0) is 52.9. The van der Waals surface area contributed by atoms with Gasteiger partial charge in [-0.1, -0.05) is 254 Å². The summed E-state index contributed by atoms with van der Waals surface area (Å²) in [5.74, 6) is -0.904. The molecule has 0 aliphatic carbocycles. The fourth-order valence-electron chi connectivity index (χ4n) is 8.64. The molecule has 0 rings (SSSR count). The van der Waals surface area contributed by atoms with E-state index in [1.165, 1.54) is 148 Å². The molecular formula is C67H116O6. The van der Waals surface area contributed by atoms with E-state index in [0.717, 1.165) is 116 Å². The summed E-state index contributed by atoms with van der Waals surface area (Å²) in [6.45, 7) is 6.54. The second-order valence-corrected chi connectivity index (χ2v) is 20.6. The summed E-state index contributed by atoms with van der Waals surface area (Å²) in [5.41, 5.74) is 0. The molecule has 0 fully saturated rings. The van der Waals surface area contributed by atoms with Crippen molar-refractivity contribution in [2.24, 2.45) is 0 Å². The van der Waals surface area contributed by atoms with Gasteiger partial charge in [-0.3, -0.25) is 14.4 Å². The van der Waals surface area contributed by atoms with E-state index in [-0.39, 0.29) is 31.1 Å². The summed E-state index contributed by atoms with van der Waals surface area (Å²) in [7, 11) is 0. The number of carbonyl (C=O) groups is 3. The van der Waals surface area contributed by atoms with Crippen molar-refractivity contribution in [3.63, 3.8) is 0 Å². The average Bonchev–Trinajstić information content (AvgIpc) is 3.39. The van der Waals surface area contributed by atoms with Gasteiger partial charge in [-0.25, -0.2) is 0 Å². The first-order chi connectivity index (χ1) is 36.0. The van der Waals surface area contributed by atoms with E-state index < -0.39 is 6.10 Å². The maximum absolute atomic E-state index is 12.9. The van der Waals surface area contributed by atoms with Crippen molar-refractivity contribution in [2.75, 3.05) is 13.2 Å². The third kappa shape index (κ3) is 59.3. The van der Waals surface area contributed by atoms with E-state index in [4.69, 9.17) is 14.2 Å². The second kappa shape index (κ2) is 61.1.